The molecule has 1 aliphatic heterocycles. The van der Waals surface area contributed by atoms with Crippen LogP contribution in [-0.2, 0) is 16.1 Å². The Balaban J connectivity index is 1.97. The quantitative estimate of drug-likeness (QED) is 0.812. The van der Waals surface area contributed by atoms with E-state index in [1.165, 1.54) is 0 Å². The van der Waals surface area contributed by atoms with Crippen LogP contribution in [0.4, 0.5) is 5.69 Å². The van der Waals surface area contributed by atoms with Crippen LogP contribution < -0.4 is 9.64 Å². The first-order chi connectivity index (χ1) is 10.7. The van der Waals surface area contributed by atoms with Crippen LogP contribution in [0.15, 0.2) is 48.5 Å². The maximum atomic E-state index is 12.4. The molecule has 4 heteroatoms. The van der Waals surface area contributed by atoms with Gasteiger partial charge in [-0.15, -0.1) is 0 Å². The van der Waals surface area contributed by atoms with Crippen LogP contribution in [0, 0.1) is 0 Å². The van der Waals surface area contributed by atoms with E-state index in [0.717, 1.165) is 22.6 Å². The summed E-state index contributed by atoms with van der Waals surface area (Å²) in [7, 11) is 1.64. The highest BCUT2D eigenvalue weighted by Crippen LogP contribution is 2.38. The van der Waals surface area contributed by atoms with E-state index in [2.05, 4.69) is 11.0 Å². The number of hydrogen-bond acceptors (Lipinski definition) is 4. The lowest BCUT2D eigenvalue weighted by Crippen LogP contribution is -2.29. The third-order valence-corrected chi connectivity index (χ3v) is 3.92. The second kappa shape index (κ2) is 6.10. The van der Waals surface area contributed by atoms with Gasteiger partial charge < -0.3 is 14.4 Å². The normalized spacial score (nSPS) is 16.3. The number of hydrogen-bond donors (Lipinski definition) is 0. The largest absolute Gasteiger partial charge is 0.497 e. The van der Waals surface area contributed by atoms with Crippen LogP contribution in [-0.4, -0.2) is 19.7 Å². The maximum Gasteiger partial charge on any atom is 0.333 e. The molecule has 0 bridgehead atoms. The van der Waals surface area contributed by atoms with Crippen molar-refractivity contribution in [3.05, 3.63) is 59.7 Å². The SMILES string of the molecule is CCOC(=O)C1c2ccccc2CN1c1ccc(OC)cc1. The van der Waals surface area contributed by atoms with Gasteiger partial charge >= 0.3 is 5.97 Å². The van der Waals surface area contributed by atoms with Gasteiger partial charge in [0.15, 0.2) is 6.04 Å². The molecule has 0 amide bonds. The molecule has 0 saturated carbocycles. The van der Waals surface area contributed by atoms with Crippen molar-refractivity contribution in [3.8, 4) is 5.75 Å². The van der Waals surface area contributed by atoms with E-state index in [4.69, 9.17) is 9.47 Å². The monoisotopic (exact) mass is 297 g/mol. The lowest BCUT2D eigenvalue weighted by Gasteiger charge is -2.25. The van der Waals surface area contributed by atoms with Gasteiger partial charge in [-0.25, -0.2) is 4.79 Å². The molecule has 114 valence electrons. The fourth-order valence-electron chi connectivity index (χ4n) is 2.88. The first-order valence-corrected chi connectivity index (χ1v) is 7.39. The average molecular weight is 297 g/mol. The molecule has 0 radical (unpaired) electrons. The Morgan fingerprint density at radius 2 is 1.91 bits per heavy atom. The standard InChI is InChI=1S/C18H19NO3/c1-3-22-18(20)17-16-7-5-4-6-13(16)12-19(17)14-8-10-15(21-2)11-9-14/h4-11,17H,3,12H2,1-2H3. The predicted molar refractivity (Wildman–Crippen MR) is 85.0 cm³/mol. The first kappa shape index (κ1) is 14.4. The Morgan fingerprint density at radius 1 is 1.18 bits per heavy atom. The molecule has 0 fully saturated rings. The minimum absolute atomic E-state index is 0.205. The zero-order valence-electron chi connectivity index (χ0n) is 12.8. The highest BCUT2D eigenvalue weighted by atomic mass is 16.5. The minimum atomic E-state index is -0.385. The number of methoxy groups -OCH3 is 1. The average Bonchev–Trinajstić information content (AvgIpc) is 2.94. The maximum absolute atomic E-state index is 12.4. The van der Waals surface area contributed by atoms with E-state index < -0.39 is 0 Å². The molecule has 4 nitrogen and oxygen atoms in total. The number of benzene rings is 2. The van der Waals surface area contributed by atoms with Crippen molar-refractivity contribution in [1.29, 1.82) is 0 Å². The third kappa shape index (κ3) is 2.52. The summed E-state index contributed by atoms with van der Waals surface area (Å²) in [6.45, 7) is 2.91. The van der Waals surface area contributed by atoms with Crippen molar-refractivity contribution >= 4 is 11.7 Å². The number of ether oxygens (including phenoxy) is 2. The van der Waals surface area contributed by atoms with Crippen molar-refractivity contribution in [2.75, 3.05) is 18.6 Å². The molecule has 22 heavy (non-hydrogen) atoms. The highest BCUT2D eigenvalue weighted by molar-refractivity contribution is 5.84. The molecule has 1 heterocycles. The number of nitrogens with zero attached hydrogens (tertiary/aromatic N) is 1. The lowest BCUT2D eigenvalue weighted by molar-refractivity contribution is -0.144. The molecule has 2 aromatic rings. The van der Waals surface area contributed by atoms with E-state index in [9.17, 15) is 4.79 Å². The smallest absolute Gasteiger partial charge is 0.333 e. The summed E-state index contributed by atoms with van der Waals surface area (Å²) in [6, 6.07) is 15.4. The lowest BCUT2D eigenvalue weighted by atomic mass is 10.1. The summed E-state index contributed by atoms with van der Waals surface area (Å²) >= 11 is 0. The molecule has 0 aromatic heterocycles. The molecule has 0 aliphatic carbocycles. The fraction of sp³-hybridized carbons (Fsp3) is 0.278. The number of carbonyl (C=O) groups excluding carboxylic acids is 1. The van der Waals surface area contributed by atoms with Gasteiger partial charge in [0.2, 0.25) is 0 Å². The Morgan fingerprint density at radius 3 is 2.59 bits per heavy atom. The summed E-state index contributed by atoms with van der Waals surface area (Å²) in [5.41, 5.74) is 3.17. The molecule has 1 aliphatic rings. The van der Waals surface area contributed by atoms with E-state index in [-0.39, 0.29) is 12.0 Å². The Hall–Kier alpha value is -2.49. The van der Waals surface area contributed by atoms with Crippen LogP contribution in [0.3, 0.4) is 0 Å². The van der Waals surface area contributed by atoms with Gasteiger partial charge in [-0.2, -0.15) is 0 Å². The van der Waals surface area contributed by atoms with Gasteiger partial charge in [-0.1, -0.05) is 24.3 Å². The molecular weight excluding hydrogens is 278 g/mol. The zero-order chi connectivity index (χ0) is 15.5. The van der Waals surface area contributed by atoms with Crippen LogP contribution in [0.5, 0.6) is 5.75 Å². The molecular formula is C18H19NO3. The zero-order valence-corrected chi connectivity index (χ0v) is 12.8. The molecule has 1 atom stereocenters. The summed E-state index contributed by atoms with van der Waals surface area (Å²) in [5.74, 6) is 0.594. The minimum Gasteiger partial charge on any atom is -0.497 e. The third-order valence-electron chi connectivity index (χ3n) is 3.92. The number of fused-ring (bicyclic) bond motifs is 1. The number of anilines is 1. The second-order valence-electron chi connectivity index (χ2n) is 5.18. The Labute approximate surface area is 130 Å². The topological polar surface area (TPSA) is 38.8 Å². The summed E-state index contributed by atoms with van der Waals surface area (Å²) < 4.78 is 10.5. The molecule has 0 N–H and O–H groups in total. The van der Waals surface area contributed by atoms with E-state index in [0.29, 0.717) is 13.2 Å². The predicted octanol–water partition coefficient (Wildman–Crippen LogP) is 3.32. The van der Waals surface area contributed by atoms with Crippen molar-refractivity contribution in [2.45, 2.75) is 19.5 Å². The van der Waals surface area contributed by atoms with Gasteiger partial charge in [0.25, 0.3) is 0 Å². The van der Waals surface area contributed by atoms with E-state index >= 15 is 0 Å². The van der Waals surface area contributed by atoms with Crippen molar-refractivity contribution in [3.63, 3.8) is 0 Å². The first-order valence-electron chi connectivity index (χ1n) is 7.39. The van der Waals surface area contributed by atoms with Gasteiger partial charge in [0.05, 0.1) is 13.7 Å². The molecule has 0 spiro atoms. The van der Waals surface area contributed by atoms with Gasteiger partial charge in [-0.3, -0.25) is 0 Å². The number of rotatable bonds is 4. The van der Waals surface area contributed by atoms with Crippen LogP contribution >= 0.6 is 0 Å². The number of carbonyl (C=O) groups is 1. The van der Waals surface area contributed by atoms with Crippen LogP contribution in [0.1, 0.15) is 24.1 Å². The molecule has 0 saturated heterocycles. The number of esters is 1. The van der Waals surface area contributed by atoms with Crippen molar-refractivity contribution in [2.24, 2.45) is 0 Å². The van der Waals surface area contributed by atoms with Gasteiger partial charge in [-0.05, 0) is 42.3 Å². The van der Waals surface area contributed by atoms with Gasteiger partial charge in [0, 0.05) is 12.2 Å². The highest BCUT2D eigenvalue weighted by Gasteiger charge is 2.36. The van der Waals surface area contributed by atoms with Crippen LogP contribution in [0.2, 0.25) is 0 Å². The van der Waals surface area contributed by atoms with Crippen LogP contribution in [0.25, 0.3) is 0 Å². The van der Waals surface area contributed by atoms with Crippen molar-refractivity contribution < 1.29 is 14.3 Å². The molecule has 3 rings (SSSR count). The molecule has 2 aromatic carbocycles. The van der Waals surface area contributed by atoms with E-state index in [1.807, 2.05) is 49.4 Å². The fourth-order valence-corrected chi connectivity index (χ4v) is 2.88. The van der Waals surface area contributed by atoms with Gasteiger partial charge in [0.1, 0.15) is 5.75 Å². The Kier molecular flexibility index (Phi) is 4.00. The second-order valence-corrected chi connectivity index (χ2v) is 5.18. The summed E-state index contributed by atoms with van der Waals surface area (Å²) in [5, 5.41) is 0. The summed E-state index contributed by atoms with van der Waals surface area (Å²) in [6.07, 6.45) is 0. The van der Waals surface area contributed by atoms with Crippen molar-refractivity contribution in [1.82, 2.24) is 0 Å². The van der Waals surface area contributed by atoms with E-state index in [1.54, 1.807) is 7.11 Å². The summed E-state index contributed by atoms with van der Waals surface area (Å²) in [4.78, 5) is 14.5. The molecule has 1 unspecified atom stereocenters. The Bertz CT molecular complexity index is 666.